The molecular weight excluding hydrogens is 376 g/mol. The number of primary amides is 1. The number of hydrogen-bond acceptors (Lipinski definition) is 8. The molecule has 0 bridgehead atoms. The van der Waals surface area contributed by atoms with Crippen LogP contribution in [0.25, 0.3) is 10.7 Å². The van der Waals surface area contributed by atoms with E-state index in [1.165, 1.54) is 23.1 Å². The third-order valence-electron chi connectivity index (χ3n) is 3.27. The van der Waals surface area contributed by atoms with Crippen LogP contribution in [0.2, 0.25) is 0 Å². The maximum Gasteiger partial charge on any atom is 0.236 e. The third kappa shape index (κ3) is 4.49. The van der Waals surface area contributed by atoms with Gasteiger partial charge in [0.25, 0.3) is 0 Å². The second-order valence-electron chi connectivity index (χ2n) is 5.31. The topological polar surface area (TPSA) is 129 Å². The summed E-state index contributed by atoms with van der Waals surface area (Å²) in [5.41, 5.74) is 5.26. The number of thioether (sulfide) groups is 1. The molecule has 0 radical (unpaired) electrons. The highest BCUT2D eigenvalue weighted by Gasteiger charge is 2.17. The van der Waals surface area contributed by atoms with Crippen LogP contribution in [0.3, 0.4) is 0 Å². The van der Waals surface area contributed by atoms with Crippen molar-refractivity contribution >= 4 is 40.7 Å². The van der Waals surface area contributed by atoms with Crippen molar-refractivity contribution in [2.24, 2.45) is 5.73 Å². The number of aromatic nitrogens is 4. The number of thiophene rings is 1. The van der Waals surface area contributed by atoms with Crippen molar-refractivity contribution in [3.8, 4) is 10.7 Å². The number of hydrogen-bond donors (Lipinski definition) is 2. The van der Waals surface area contributed by atoms with Crippen LogP contribution in [0.15, 0.2) is 33.3 Å². The first-order valence-electron chi connectivity index (χ1n) is 7.64. The highest BCUT2D eigenvalue weighted by molar-refractivity contribution is 7.99. The number of nitrogens with two attached hydrogens (primary N) is 1. The number of aryl methyl sites for hydroxylation is 1. The van der Waals surface area contributed by atoms with Gasteiger partial charge in [-0.2, -0.15) is 0 Å². The summed E-state index contributed by atoms with van der Waals surface area (Å²) in [7, 11) is 0. The Balaban J connectivity index is 1.70. The second-order valence-corrected chi connectivity index (χ2v) is 7.20. The zero-order chi connectivity index (χ0) is 18.5. The van der Waals surface area contributed by atoms with Crippen molar-refractivity contribution in [2.45, 2.75) is 25.0 Å². The minimum Gasteiger partial charge on any atom is -0.370 e. The highest BCUT2D eigenvalue weighted by Crippen LogP contribution is 2.27. The van der Waals surface area contributed by atoms with Crippen LogP contribution in [0.4, 0.5) is 5.82 Å². The average Bonchev–Trinajstić information content (AvgIpc) is 3.31. The monoisotopic (exact) mass is 392 g/mol. The van der Waals surface area contributed by atoms with E-state index in [-0.39, 0.29) is 18.1 Å². The number of carbonyl (C=O) groups is 2. The summed E-state index contributed by atoms with van der Waals surface area (Å²) < 4.78 is 6.71. The van der Waals surface area contributed by atoms with E-state index >= 15 is 0 Å². The molecule has 3 rings (SSSR count). The molecule has 0 aliphatic rings. The lowest BCUT2D eigenvalue weighted by molar-refractivity contribution is -0.118. The Morgan fingerprint density at radius 3 is 2.92 bits per heavy atom. The molecule has 2 amide bonds. The molecule has 0 saturated carbocycles. The lowest BCUT2D eigenvalue weighted by Crippen LogP contribution is -2.16. The molecule has 0 spiro atoms. The Labute approximate surface area is 157 Å². The van der Waals surface area contributed by atoms with Gasteiger partial charge in [0.2, 0.25) is 11.8 Å². The van der Waals surface area contributed by atoms with E-state index in [2.05, 4.69) is 20.7 Å². The van der Waals surface area contributed by atoms with Crippen LogP contribution < -0.4 is 11.1 Å². The standard InChI is InChI=1S/C15H16N6O3S2/c1-9-7-12(20-24-9)17-13(23)8-26-15-19-18-14(10-3-2-6-25-10)21(15)5-4-11(16)22/h2-3,6-7H,4-5,8H2,1H3,(H2,16,22)(H,17,20,23). The largest absolute Gasteiger partial charge is 0.370 e. The zero-order valence-corrected chi connectivity index (χ0v) is 15.5. The molecule has 3 heterocycles. The minimum absolute atomic E-state index is 0.116. The Morgan fingerprint density at radius 2 is 2.27 bits per heavy atom. The molecule has 0 atom stereocenters. The van der Waals surface area contributed by atoms with Crippen molar-refractivity contribution in [3.63, 3.8) is 0 Å². The van der Waals surface area contributed by atoms with E-state index in [0.717, 1.165) is 4.88 Å². The molecule has 3 N–H and O–H groups in total. The Morgan fingerprint density at radius 1 is 1.42 bits per heavy atom. The molecular formula is C15H16N6O3S2. The Kier molecular flexibility index (Phi) is 5.68. The van der Waals surface area contributed by atoms with Crippen LogP contribution in [-0.2, 0) is 16.1 Å². The molecule has 0 unspecified atom stereocenters. The lowest BCUT2D eigenvalue weighted by atomic mass is 10.4. The average molecular weight is 392 g/mol. The summed E-state index contributed by atoms with van der Waals surface area (Å²) in [4.78, 5) is 24.2. The maximum absolute atomic E-state index is 12.1. The van der Waals surface area contributed by atoms with Gasteiger partial charge in [0.15, 0.2) is 16.8 Å². The van der Waals surface area contributed by atoms with Gasteiger partial charge in [-0.3, -0.25) is 9.59 Å². The summed E-state index contributed by atoms with van der Waals surface area (Å²) in [6.07, 6.45) is 0.161. The van der Waals surface area contributed by atoms with Gasteiger partial charge >= 0.3 is 0 Å². The van der Waals surface area contributed by atoms with Gasteiger partial charge in [0, 0.05) is 19.0 Å². The van der Waals surface area contributed by atoms with Crippen molar-refractivity contribution in [3.05, 3.63) is 29.3 Å². The fraction of sp³-hybridized carbons (Fsp3) is 0.267. The van der Waals surface area contributed by atoms with Crippen molar-refractivity contribution in [2.75, 3.05) is 11.1 Å². The van der Waals surface area contributed by atoms with Crippen molar-refractivity contribution in [1.82, 2.24) is 19.9 Å². The summed E-state index contributed by atoms with van der Waals surface area (Å²) in [6, 6.07) is 5.46. The molecule has 9 nitrogen and oxygen atoms in total. The first-order chi connectivity index (χ1) is 12.5. The van der Waals surface area contributed by atoms with E-state index in [0.29, 0.717) is 29.1 Å². The van der Waals surface area contributed by atoms with Gasteiger partial charge in [0.05, 0.1) is 10.6 Å². The molecule has 3 aromatic rings. The molecule has 0 saturated heterocycles. The summed E-state index contributed by atoms with van der Waals surface area (Å²) >= 11 is 2.74. The molecule has 26 heavy (non-hydrogen) atoms. The van der Waals surface area contributed by atoms with E-state index < -0.39 is 5.91 Å². The number of nitrogens with zero attached hydrogens (tertiary/aromatic N) is 4. The zero-order valence-electron chi connectivity index (χ0n) is 13.8. The molecule has 11 heteroatoms. The van der Waals surface area contributed by atoms with E-state index in [4.69, 9.17) is 10.3 Å². The summed E-state index contributed by atoms with van der Waals surface area (Å²) in [6.45, 7) is 2.09. The first kappa shape index (κ1) is 18.1. The molecule has 0 aliphatic carbocycles. The van der Waals surface area contributed by atoms with Crippen LogP contribution in [-0.4, -0.2) is 37.5 Å². The molecule has 136 valence electrons. The van der Waals surface area contributed by atoms with Gasteiger partial charge in [-0.25, -0.2) is 0 Å². The van der Waals surface area contributed by atoms with E-state index in [1.54, 1.807) is 17.6 Å². The SMILES string of the molecule is Cc1cc(NC(=O)CSc2nnc(-c3cccs3)n2CCC(N)=O)no1. The Bertz CT molecular complexity index is 903. The fourth-order valence-corrected chi connectivity index (χ4v) is 3.62. The van der Waals surface area contributed by atoms with Gasteiger partial charge in [0.1, 0.15) is 5.76 Å². The van der Waals surface area contributed by atoms with E-state index in [9.17, 15) is 9.59 Å². The quantitative estimate of drug-likeness (QED) is 0.560. The molecule has 0 fully saturated rings. The molecule has 3 aromatic heterocycles. The van der Waals surface area contributed by atoms with Gasteiger partial charge in [-0.15, -0.1) is 21.5 Å². The third-order valence-corrected chi connectivity index (χ3v) is 5.10. The normalized spacial score (nSPS) is 10.8. The van der Waals surface area contributed by atoms with Crippen LogP contribution >= 0.6 is 23.1 Å². The number of amides is 2. The van der Waals surface area contributed by atoms with Crippen LogP contribution in [0, 0.1) is 6.92 Å². The van der Waals surface area contributed by atoms with E-state index in [1.807, 2.05) is 17.5 Å². The van der Waals surface area contributed by atoms with Crippen molar-refractivity contribution < 1.29 is 14.1 Å². The first-order valence-corrected chi connectivity index (χ1v) is 9.51. The maximum atomic E-state index is 12.1. The minimum atomic E-state index is -0.411. The number of rotatable bonds is 8. The number of nitrogens with one attached hydrogen (secondary N) is 1. The number of carbonyl (C=O) groups excluding carboxylic acids is 2. The van der Waals surface area contributed by atoms with Gasteiger partial charge < -0.3 is 20.1 Å². The molecule has 0 aromatic carbocycles. The predicted molar refractivity (Wildman–Crippen MR) is 97.7 cm³/mol. The van der Waals surface area contributed by atoms with Crippen LogP contribution in [0.5, 0.6) is 0 Å². The van der Waals surface area contributed by atoms with Gasteiger partial charge in [-0.05, 0) is 18.4 Å². The number of anilines is 1. The summed E-state index contributed by atoms with van der Waals surface area (Å²) in [5, 5.41) is 17.2. The Hall–Kier alpha value is -2.66. The lowest BCUT2D eigenvalue weighted by Gasteiger charge is -2.08. The summed E-state index contributed by atoms with van der Waals surface area (Å²) in [5.74, 6) is 1.08. The highest BCUT2D eigenvalue weighted by atomic mass is 32.2. The van der Waals surface area contributed by atoms with Crippen molar-refractivity contribution in [1.29, 1.82) is 0 Å². The molecule has 0 aliphatic heterocycles. The second kappa shape index (κ2) is 8.15. The smallest absolute Gasteiger partial charge is 0.236 e. The van der Waals surface area contributed by atoms with Gasteiger partial charge in [-0.1, -0.05) is 23.0 Å². The fourth-order valence-electron chi connectivity index (χ4n) is 2.14. The van der Waals surface area contributed by atoms with Crippen LogP contribution in [0.1, 0.15) is 12.2 Å². The predicted octanol–water partition coefficient (Wildman–Crippen LogP) is 1.91.